The normalized spacial score (nSPS) is 12.4. The number of rotatable bonds is 9. The number of fused-ring (bicyclic) bond motifs is 1. The largest absolute Gasteiger partial charge is 0.515 e. The molecule has 1 aliphatic heterocycles. The molecule has 10 nitrogen and oxygen atoms in total. The number of halogens is 1. The first-order valence-corrected chi connectivity index (χ1v) is 14.0. The highest BCUT2D eigenvalue weighted by molar-refractivity contribution is 6.20. The fraction of sp³-hybridized carbons (Fsp3) is 0.235. The Morgan fingerprint density at radius 3 is 2.38 bits per heavy atom. The molecule has 1 aliphatic rings. The summed E-state index contributed by atoms with van der Waals surface area (Å²) in [7, 11) is 3.26. The van der Waals surface area contributed by atoms with Crippen molar-refractivity contribution in [2.45, 2.75) is 34.6 Å². The van der Waals surface area contributed by atoms with Crippen molar-refractivity contribution in [2.75, 3.05) is 31.3 Å². The number of benzene rings is 1. The third kappa shape index (κ3) is 14.0. The number of hydrogen-bond donors (Lipinski definition) is 4. The van der Waals surface area contributed by atoms with Gasteiger partial charge in [0.15, 0.2) is 29.7 Å². The van der Waals surface area contributed by atoms with E-state index in [9.17, 15) is 14.0 Å². The number of pyridine rings is 1. The monoisotopic (exact) mass is 621 g/mol. The first-order valence-electron chi connectivity index (χ1n) is 14.0. The summed E-state index contributed by atoms with van der Waals surface area (Å²) in [5.41, 5.74) is 1.87. The molecule has 11 heteroatoms. The molecule has 0 saturated carbocycles. The lowest BCUT2D eigenvalue weighted by Crippen LogP contribution is -2.26. The summed E-state index contributed by atoms with van der Waals surface area (Å²) < 4.78 is 24.7. The van der Waals surface area contributed by atoms with E-state index in [4.69, 9.17) is 14.6 Å². The fourth-order valence-corrected chi connectivity index (χ4v) is 3.06. The predicted molar refractivity (Wildman–Crippen MR) is 182 cm³/mol. The first kappa shape index (κ1) is 39.5. The van der Waals surface area contributed by atoms with Crippen LogP contribution in [0.1, 0.15) is 34.6 Å². The van der Waals surface area contributed by atoms with E-state index in [1.165, 1.54) is 18.3 Å². The second kappa shape index (κ2) is 23.1. The molecule has 0 spiro atoms. The number of aliphatic imine (C=N–C) groups is 1. The molecule has 2 amide bonds. The molecule has 3 rings (SSSR count). The maximum Gasteiger partial charge on any atom is 0.263 e. The third-order valence-electron chi connectivity index (χ3n) is 5.32. The predicted octanol–water partition coefficient (Wildman–Crippen LogP) is 7.44. The lowest BCUT2D eigenvalue weighted by Gasteiger charge is -2.19. The lowest BCUT2D eigenvalue weighted by molar-refractivity contribution is -0.119. The average Bonchev–Trinajstić information content (AvgIpc) is 3.06. The number of carbonyl (C=O) groups is 2. The van der Waals surface area contributed by atoms with Crippen molar-refractivity contribution in [1.82, 2.24) is 10.3 Å². The molecule has 0 fully saturated rings. The quantitative estimate of drug-likeness (QED) is 0.0989. The second-order valence-corrected chi connectivity index (χ2v) is 8.23. The van der Waals surface area contributed by atoms with Gasteiger partial charge in [0.1, 0.15) is 0 Å². The van der Waals surface area contributed by atoms with Gasteiger partial charge in [-0.1, -0.05) is 63.5 Å². The molecule has 0 saturated heterocycles. The Bertz CT molecular complexity index is 1430. The van der Waals surface area contributed by atoms with Gasteiger partial charge in [-0.05, 0) is 39.0 Å². The maximum atomic E-state index is 13.9. The van der Waals surface area contributed by atoms with Gasteiger partial charge in [0.2, 0.25) is 5.75 Å². The van der Waals surface area contributed by atoms with Crippen LogP contribution in [0.15, 0.2) is 109 Å². The number of nitrogens with zero attached hydrogens (tertiary/aromatic N) is 2. The number of ether oxygens (including phenoxy) is 2. The number of hydrogen-bond acceptors (Lipinski definition) is 8. The van der Waals surface area contributed by atoms with Crippen LogP contribution < -0.4 is 25.4 Å². The summed E-state index contributed by atoms with van der Waals surface area (Å²) in [5, 5.41) is 17.0. The highest BCUT2D eigenvalue weighted by atomic mass is 19.1. The Balaban J connectivity index is 0.000000727. The number of aliphatic hydroxyl groups is 1. The molecule has 1 aromatic heterocycles. The maximum absolute atomic E-state index is 13.9. The summed E-state index contributed by atoms with van der Waals surface area (Å²) in [6.07, 6.45) is 14.5. The minimum absolute atomic E-state index is 0.0582. The molecule has 0 aliphatic carbocycles. The van der Waals surface area contributed by atoms with Gasteiger partial charge < -0.3 is 30.5 Å². The van der Waals surface area contributed by atoms with Gasteiger partial charge in [0.25, 0.3) is 11.8 Å². The number of aliphatic hydroxyl groups excluding tert-OH is 1. The van der Waals surface area contributed by atoms with Gasteiger partial charge in [-0.15, -0.1) is 0 Å². The zero-order valence-electron chi connectivity index (χ0n) is 27.0. The molecule has 2 aromatic rings. The van der Waals surface area contributed by atoms with Gasteiger partial charge in [0.05, 0.1) is 11.8 Å². The van der Waals surface area contributed by atoms with Gasteiger partial charge in [-0.25, -0.2) is 9.37 Å². The number of nitrogens with one attached hydrogen (secondary N) is 3. The minimum atomic E-state index is -0.507. The van der Waals surface area contributed by atoms with Crippen LogP contribution in [0, 0.1) is 5.82 Å². The summed E-state index contributed by atoms with van der Waals surface area (Å²) in [6.45, 7) is 16.3. The molecule has 0 unspecified atom stereocenters. The minimum Gasteiger partial charge on any atom is -0.515 e. The van der Waals surface area contributed by atoms with E-state index in [1.54, 1.807) is 70.5 Å². The van der Waals surface area contributed by atoms with Crippen LogP contribution in [0.5, 0.6) is 17.2 Å². The van der Waals surface area contributed by atoms with Crippen LogP contribution in [-0.2, 0) is 9.59 Å². The van der Waals surface area contributed by atoms with Crippen LogP contribution in [0.3, 0.4) is 0 Å². The Morgan fingerprint density at radius 2 is 1.87 bits per heavy atom. The first-order chi connectivity index (χ1) is 21.7. The second-order valence-electron chi connectivity index (χ2n) is 8.23. The zero-order valence-corrected chi connectivity index (χ0v) is 27.0. The number of allylic oxidation sites excluding steroid dienone is 7. The smallest absolute Gasteiger partial charge is 0.263 e. The van der Waals surface area contributed by atoms with Crippen LogP contribution in [0.25, 0.3) is 0 Å². The van der Waals surface area contributed by atoms with E-state index in [0.29, 0.717) is 17.1 Å². The number of aromatic nitrogens is 1. The van der Waals surface area contributed by atoms with Crippen molar-refractivity contribution in [3.05, 3.63) is 110 Å². The highest BCUT2D eigenvalue weighted by Crippen LogP contribution is 2.38. The van der Waals surface area contributed by atoms with Crippen LogP contribution in [0.4, 0.5) is 15.9 Å². The van der Waals surface area contributed by atoms with Crippen molar-refractivity contribution < 1.29 is 28.6 Å². The Kier molecular flexibility index (Phi) is 20.3. The van der Waals surface area contributed by atoms with Crippen molar-refractivity contribution in [1.29, 1.82) is 0 Å². The molecule has 2 heterocycles. The van der Waals surface area contributed by atoms with E-state index in [-0.39, 0.29) is 41.2 Å². The molecule has 0 atom stereocenters. The number of amides is 2. The van der Waals surface area contributed by atoms with E-state index in [0.717, 1.165) is 6.26 Å². The molecule has 0 radical (unpaired) electrons. The standard InChI is InChI=1S/C14H12FN3O3.C13H18N2O2.C5H8.C2H6/c1-16-8-2-3-10(9(15)6-8)21-11-4-5-17-14-13(11)20-7-12(19)18-14;1-5-7-8-11(6-2)15-13(17)12(9-16)10(3)14-4;1-3-5-4-2;1-2/h2-6,16H,7H2,1H3,(H,17,18,19);5-9,16H,1H2,2-4H3,(H,15,17);3-5H,1H2,2H3;1-2H3/b;8-7-,11-6+,12-9+,14-10?;5-4-;. The molecular weight excluding hydrogens is 577 g/mol. The third-order valence-corrected chi connectivity index (χ3v) is 5.32. The Hall–Kier alpha value is -5.45. The van der Waals surface area contributed by atoms with Crippen molar-refractivity contribution in [2.24, 2.45) is 4.99 Å². The molecule has 4 N–H and O–H groups in total. The van der Waals surface area contributed by atoms with E-state index in [2.05, 4.69) is 39.1 Å². The van der Waals surface area contributed by atoms with Crippen LogP contribution >= 0.6 is 0 Å². The molecule has 45 heavy (non-hydrogen) atoms. The molecule has 1 aromatic carbocycles. The van der Waals surface area contributed by atoms with Gasteiger partial charge in [-0.2, -0.15) is 0 Å². The molecule has 242 valence electrons. The van der Waals surface area contributed by atoms with Crippen LogP contribution in [-0.4, -0.2) is 48.3 Å². The number of carbonyl (C=O) groups excluding carboxylic acids is 2. The van der Waals surface area contributed by atoms with E-state index < -0.39 is 11.7 Å². The topological polar surface area (TPSA) is 134 Å². The molecule has 0 bridgehead atoms. The average molecular weight is 622 g/mol. The van der Waals surface area contributed by atoms with Gasteiger partial charge in [0, 0.05) is 49.5 Å². The lowest BCUT2D eigenvalue weighted by atomic mass is 10.1. The summed E-state index contributed by atoms with van der Waals surface area (Å²) in [4.78, 5) is 30.9. The Morgan fingerprint density at radius 1 is 1.18 bits per heavy atom. The fourth-order valence-electron chi connectivity index (χ4n) is 3.06. The van der Waals surface area contributed by atoms with Gasteiger partial charge in [-0.3, -0.25) is 14.6 Å². The van der Waals surface area contributed by atoms with Gasteiger partial charge >= 0.3 is 0 Å². The van der Waals surface area contributed by atoms with E-state index >= 15 is 0 Å². The zero-order chi connectivity index (χ0) is 34.2. The van der Waals surface area contributed by atoms with E-state index in [1.807, 2.05) is 32.9 Å². The SMILES string of the molecule is C=C/C=C\C.C=C/C=C\C(=C/C)NC(=O)/C(=C/O)C(C)=NC.CC.CNc1ccc(Oc2ccnc3c2OCC(=O)N3)c(F)c1. The van der Waals surface area contributed by atoms with Crippen molar-refractivity contribution >= 4 is 29.0 Å². The van der Waals surface area contributed by atoms with Crippen molar-refractivity contribution in [3.63, 3.8) is 0 Å². The number of anilines is 2. The summed E-state index contributed by atoms with van der Waals surface area (Å²) in [5.74, 6) is -0.314. The summed E-state index contributed by atoms with van der Waals surface area (Å²) in [6, 6.07) is 6.07. The molecular formula is C34H44FN5O5. The summed E-state index contributed by atoms with van der Waals surface area (Å²) >= 11 is 0. The Labute approximate surface area is 265 Å². The highest BCUT2D eigenvalue weighted by Gasteiger charge is 2.22. The van der Waals surface area contributed by atoms with Crippen LogP contribution in [0.2, 0.25) is 0 Å². The van der Waals surface area contributed by atoms with Crippen molar-refractivity contribution in [3.8, 4) is 17.2 Å².